The molecule has 31 heavy (non-hydrogen) atoms. The van der Waals surface area contributed by atoms with Gasteiger partial charge in [-0.25, -0.2) is 0 Å². The maximum absolute atomic E-state index is 9.79. The van der Waals surface area contributed by atoms with Crippen LogP contribution in [0.15, 0.2) is 36.4 Å². The average Bonchev–Trinajstić information content (AvgIpc) is 3.06. The van der Waals surface area contributed by atoms with Crippen molar-refractivity contribution >= 4 is 25.5 Å². The Hall–Kier alpha value is -2.33. The van der Waals surface area contributed by atoms with Crippen molar-refractivity contribution in [3.8, 4) is 22.3 Å². The fourth-order valence-electron chi connectivity index (χ4n) is 5.89. The van der Waals surface area contributed by atoms with Gasteiger partial charge in [0.05, 0.1) is 0 Å². The molecule has 0 saturated carbocycles. The summed E-state index contributed by atoms with van der Waals surface area (Å²) in [6.45, 7) is 13.1. The second kappa shape index (κ2) is 6.35. The van der Waals surface area contributed by atoms with E-state index in [0.717, 1.165) is 16.6 Å². The molecule has 3 N–H and O–H groups in total. The van der Waals surface area contributed by atoms with Gasteiger partial charge >= 0.3 is 14.6 Å². The molecule has 3 aromatic carbocycles. The first kappa shape index (κ1) is 20.6. The van der Waals surface area contributed by atoms with Crippen molar-refractivity contribution in [2.24, 2.45) is 0 Å². The van der Waals surface area contributed by atoms with Crippen LogP contribution in [0.5, 0.6) is 0 Å². The Morgan fingerprint density at radius 3 is 1.65 bits per heavy atom. The van der Waals surface area contributed by atoms with Crippen LogP contribution in [-0.2, 0) is 10.8 Å². The molecule has 3 aromatic rings. The standard InChI is InChI=1S/C26H27B2O3/c1-13-7-15(27-29)9-21-23(13)17-11-20-18(12-19(17)25(21,3)4)24-14(2)8-16(28(30)31)10-22(24)26(20,5)6/h7-12,29-31H,1-6H3. The number of hydrogen-bond donors (Lipinski definition) is 3. The summed E-state index contributed by atoms with van der Waals surface area (Å²) in [6.07, 6.45) is 0. The average molecular weight is 409 g/mol. The van der Waals surface area contributed by atoms with E-state index in [1.807, 2.05) is 18.2 Å². The topological polar surface area (TPSA) is 60.7 Å². The van der Waals surface area contributed by atoms with E-state index in [-0.39, 0.29) is 10.8 Å². The molecule has 0 bridgehead atoms. The highest BCUT2D eigenvalue weighted by Crippen LogP contribution is 2.56. The lowest BCUT2D eigenvalue weighted by atomic mass is 9.74. The zero-order valence-electron chi connectivity index (χ0n) is 19.0. The molecule has 2 aliphatic carbocycles. The molecule has 3 nitrogen and oxygen atoms in total. The number of rotatable bonds is 2. The monoisotopic (exact) mass is 409 g/mol. The van der Waals surface area contributed by atoms with E-state index in [4.69, 9.17) is 0 Å². The lowest BCUT2D eigenvalue weighted by Crippen LogP contribution is -2.31. The zero-order chi connectivity index (χ0) is 22.5. The molecule has 0 heterocycles. The van der Waals surface area contributed by atoms with Crippen molar-refractivity contribution in [3.05, 3.63) is 69.8 Å². The molecule has 1 radical (unpaired) electrons. The molecule has 0 spiro atoms. The van der Waals surface area contributed by atoms with Gasteiger partial charge in [0.25, 0.3) is 0 Å². The third kappa shape index (κ3) is 2.60. The van der Waals surface area contributed by atoms with E-state index in [1.54, 1.807) is 0 Å². The summed E-state index contributed by atoms with van der Waals surface area (Å²) in [5, 5.41) is 29.2. The Morgan fingerprint density at radius 1 is 0.677 bits per heavy atom. The molecular weight excluding hydrogens is 382 g/mol. The van der Waals surface area contributed by atoms with Gasteiger partial charge in [-0.3, -0.25) is 0 Å². The van der Waals surface area contributed by atoms with Gasteiger partial charge in [0.2, 0.25) is 0 Å². The first-order valence-corrected chi connectivity index (χ1v) is 10.8. The van der Waals surface area contributed by atoms with Crippen molar-refractivity contribution in [1.82, 2.24) is 0 Å². The van der Waals surface area contributed by atoms with Crippen LogP contribution in [0.4, 0.5) is 0 Å². The minimum absolute atomic E-state index is 0.175. The molecule has 0 fully saturated rings. The van der Waals surface area contributed by atoms with Gasteiger partial charge in [0.1, 0.15) is 0 Å². The van der Waals surface area contributed by atoms with Gasteiger partial charge in [0.15, 0.2) is 0 Å². The number of fused-ring (bicyclic) bond motifs is 6. The van der Waals surface area contributed by atoms with E-state index < -0.39 is 7.12 Å². The Balaban J connectivity index is 1.82. The van der Waals surface area contributed by atoms with Crippen molar-refractivity contribution < 1.29 is 15.1 Å². The van der Waals surface area contributed by atoms with Crippen molar-refractivity contribution in [2.75, 3.05) is 0 Å². The van der Waals surface area contributed by atoms with Crippen LogP contribution in [0.1, 0.15) is 61.1 Å². The minimum atomic E-state index is -1.47. The Labute approximate surface area is 185 Å². The molecule has 0 unspecified atom stereocenters. The number of aryl methyl sites for hydroxylation is 2. The first-order chi connectivity index (χ1) is 14.5. The fourth-order valence-corrected chi connectivity index (χ4v) is 5.89. The van der Waals surface area contributed by atoms with Crippen LogP contribution >= 0.6 is 0 Å². The van der Waals surface area contributed by atoms with Crippen LogP contribution in [0.3, 0.4) is 0 Å². The lowest BCUT2D eigenvalue weighted by molar-refractivity contribution is 0.425. The third-order valence-corrected chi connectivity index (χ3v) is 7.55. The minimum Gasteiger partial charge on any atom is -0.450 e. The summed E-state index contributed by atoms with van der Waals surface area (Å²) >= 11 is 0. The number of hydrogen-bond acceptors (Lipinski definition) is 3. The maximum Gasteiger partial charge on any atom is 0.488 e. The summed E-state index contributed by atoms with van der Waals surface area (Å²) in [5.41, 5.74) is 13.1. The van der Waals surface area contributed by atoms with Crippen LogP contribution in [-0.4, -0.2) is 29.7 Å². The lowest BCUT2D eigenvalue weighted by Gasteiger charge is -2.24. The van der Waals surface area contributed by atoms with Crippen LogP contribution in [0.2, 0.25) is 0 Å². The van der Waals surface area contributed by atoms with E-state index >= 15 is 0 Å². The smallest absolute Gasteiger partial charge is 0.450 e. The Bertz CT molecular complexity index is 1270. The Morgan fingerprint density at radius 2 is 1.16 bits per heavy atom. The van der Waals surface area contributed by atoms with Crippen molar-refractivity contribution in [1.29, 1.82) is 0 Å². The molecular formula is C26H27B2O3. The highest BCUT2D eigenvalue weighted by Gasteiger charge is 2.43. The summed E-state index contributed by atoms with van der Waals surface area (Å²) in [5.74, 6) is 0. The largest absolute Gasteiger partial charge is 0.488 e. The van der Waals surface area contributed by atoms with Gasteiger partial charge in [-0.1, -0.05) is 57.4 Å². The number of benzene rings is 3. The normalized spacial score (nSPS) is 16.4. The predicted molar refractivity (Wildman–Crippen MR) is 128 cm³/mol. The van der Waals surface area contributed by atoms with Gasteiger partial charge in [-0.2, -0.15) is 0 Å². The summed E-state index contributed by atoms with van der Waals surface area (Å²) in [7, 11) is -0.290. The van der Waals surface area contributed by atoms with Crippen LogP contribution in [0.25, 0.3) is 22.3 Å². The summed E-state index contributed by atoms with van der Waals surface area (Å²) in [6, 6.07) is 12.7. The highest BCUT2D eigenvalue weighted by atomic mass is 16.4. The molecule has 5 heteroatoms. The maximum atomic E-state index is 9.79. The molecule has 0 atom stereocenters. The molecule has 155 valence electrons. The quantitative estimate of drug-likeness (QED) is 0.571. The summed E-state index contributed by atoms with van der Waals surface area (Å²) in [4.78, 5) is 0. The Kier molecular flexibility index (Phi) is 4.21. The summed E-state index contributed by atoms with van der Waals surface area (Å²) < 4.78 is 0. The molecule has 0 aromatic heterocycles. The molecule has 0 amide bonds. The fraction of sp³-hybridized carbons (Fsp3) is 0.308. The molecule has 0 saturated heterocycles. The van der Waals surface area contributed by atoms with Gasteiger partial charge in [-0.05, 0) is 87.1 Å². The first-order valence-electron chi connectivity index (χ1n) is 10.8. The molecule has 5 rings (SSSR count). The van der Waals surface area contributed by atoms with Crippen LogP contribution < -0.4 is 10.9 Å². The van der Waals surface area contributed by atoms with Crippen LogP contribution in [0, 0.1) is 13.8 Å². The second-order valence-electron chi connectivity index (χ2n) is 10.2. The van der Waals surface area contributed by atoms with Gasteiger partial charge in [-0.15, -0.1) is 0 Å². The zero-order valence-corrected chi connectivity index (χ0v) is 19.0. The van der Waals surface area contributed by atoms with Crippen molar-refractivity contribution in [3.63, 3.8) is 0 Å². The van der Waals surface area contributed by atoms with E-state index in [0.29, 0.717) is 5.46 Å². The van der Waals surface area contributed by atoms with E-state index in [1.165, 1.54) is 52.0 Å². The third-order valence-electron chi connectivity index (χ3n) is 7.55. The van der Waals surface area contributed by atoms with E-state index in [2.05, 4.69) is 59.7 Å². The van der Waals surface area contributed by atoms with Gasteiger partial charge in [0, 0.05) is 10.8 Å². The predicted octanol–water partition coefficient (Wildman–Crippen LogP) is 2.83. The molecule has 0 aliphatic heterocycles. The second-order valence-corrected chi connectivity index (χ2v) is 10.2. The van der Waals surface area contributed by atoms with Gasteiger partial charge < -0.3 is 15.1 Å². The SMILES string of the molecule is Cc1cc([B]O)cc2c1-c1cc3c(cc1C2(C)C)-c1c(C)cc(B(O)O)cc1C3(C)C. The highest BCUT2D eigenvalue weighted by molar-refractivity contribution is 6.58. The van der Waals surface area contributed by atoms with E-state index in [9.17, 15) is 15.1 Å². The molecule has 2 aliphatic rings. The van der Waals surface area contributed by atoms with Crippen molar-refractivity contribution in [2.45, 2.75) is 52.4 Å².